The third-order valence-corrected chi connectivity index (χ3v) is 1.81. The van der Waals surface area contributed by atoms with Crippen molar-refractivity contribution in [1.29, 1.82) is 0 Å². The summed E-state index contributed by atoms with van der Waals surface area (Å²) < 4.78 is 1.69. The van der Waals surface area contributed by atoms with Crippen molar-refractivity contribution in [2.75, 3.05) is 0 Å². The van der Waals surface area contributed by atoms with Crippen LogP contribution in [-0.4, -0.2) is 27.8 Å². The Kier molecular flexibility index (Phi) is 3.64. The normalized spacial score (nSPS) is 13.1. The fourth-order valence-corrected chi connectivity index (χ4v) is 1.22. The van der Waals surface area contributed by atoms with Gasteiger partial charge >= 0.3 is 0 Å². The second kappa shape index (κ2) is 4.76. The van der Waals surface area contributed by atoms with Crippen LogP contribution < -0.4 is 11.1 Å². The van der Waals surface area contributed by atoms with Crippen molar-refractivity contribution in [1.82, 2.24) is 15.1 Å². The summed E-state index contributed by atoms with van der Waals surface area (Å²) in [6.07, 6.45) is 3.48. The summed E-state index contributed by atoms with van der Waals surface area (Å²) >= 11 is 0. The molecule has 5 nitrogen and oxygen atoms in total. The Morgan fingerprint density at radius 1 is 1.64 bits per heavy atom. The van der Waals surface area contributed by atoms with Crippen LogP contribution in [0, 0.1) is 0 Å². The average molecular weight is 196 g/mol. The molecule has 78 valence electrons. The Morgan fingerprint density at radius 3 is 2.79 bits per heavy atom. The highest BCUT2D eigenvalue weighted by molar-refractivity contribution is 5.79. The summed E-state index contributed by atoms with van der Waals surface area (Å²) in [7, 11) is 0. The van der Waals surface area contributed by atoms with E-state index in [1.54, 1.807) is 17.1 Å². The zero-order valence-electron chi connectivity index (χ0n) is 8.47. The molecular formula is C9H16N4O. The SMILES string of the molecule is CC(C)NC(Cn1cccn1)C(N)=O. The van der Waals surface area contributed by atoms with Crippen molar-refractivity contribution in [3.63, 3.8) is 0 Å². The van der Waals surface area contributed by atoms with Crippen LogP contribution in [-0.2, 0) is 11.3 Å². The maximum absolute atomic E-state index is 11.1. The summed E-state index contributed by atoms with van der Waals surface area (Å²) in [5.41, 5.74) is 5.26. The van der Waals surface area contributed by atoms with Gasteiger partial charge in [-0.2, -0.15) is 5.10 Å². The molecule has 0 aliphatic heterocycles. The van der Waals surface area contributed by atoms with Crippen molar-refractivity contribution in [2.24, 2.45) is 5.73 Å². The lowest BCUT2D eigenvalue weighted by atomic mass is 10.2. The summed E-state index contributed by atoms with van der Waals surface area (Å²) in [4.78, 5) is 11.1. The topological polar surface area (TPSA) is 72.9 Å². The van der Waals surface area contributed by atoms with Gasteiger partial charge in [-0.1, -0.05) is 13.8 Å². The molecule has 5 heteroatoms. The Balaban J connectivity index is 2.56. The van der Waals surface area contributed by atoms with Gasteiger partial charge in [-0.25, -0.2) is 0 Å². The molecule has 1 rings (SSSR count). The van der Waals surface area contributed by atoms with Gasteiger partial charge in [0.1, 0.15) is 6.04 Å². The molecule has 14 heavy (non-hydrogen) atoms. The van der Waals surface area contributed by atoms with E-state index in [1.807, 2.05) is 19.9 Å². The Hall–Kier alpha value is -1.36. The van der Waals surface area contributed by atoms with E-state index in [2.05, 4.69) is 10.4 Å². The first-order chi connectivity index (χ1) is 6.59. The molecule has 0 bridgehead atoms. The number of carbonyl (C=O) groups excluding carboxylic acids is 1. The second-order valence-corrected chi connectivity index (χ2v) is 3.50. The van der Waals surface area contributed by atoms with Crippen molar-refractivity contribution in [2.45, 2.75) is 32.5 Å². The molecule has 1 aromatic heterocycles. The van der Waals surface area contributed by atoms with E-state index >= 15 is 0 Å². The summed E-state index contributed by atoms with van der Waals surface area (Å²) in [6, 6.07) is 1.67. The predicted octanol–water partition coefficient (Wildman–Crippen LogP) is -0.265. The number of hydrogen-bond donors (Lipinski definition) is 2. The average Bonchev–Trinajstić information content (AvgIpc) is 2.54. The van der Waals surface area contributed by atoms with Crippen LogP contribution in [0.25, 0.3) is 0 Å². The van der Waals surface area contributed by atoms with Gasteiger partial charge in [0.15, 0.2) is 0 Å². The monoisotopic (exact) mass is 196 g/mol. The van der Waals surface area contributed by atoms with Crippen molar-refractivity contribution in [3.05, 3.63) is 18.5 Å². The molecule has 0 radical (unpaired) electrons. The number of aromatic nitrogens is 2. The van der Waals surface area contributed by atoms with Crippen molar-refractivity contribution in [3.8, 4) is 0 Å². The lowest BCUT2D eigenvalue weighted by Gasteiger charge is -2.17. The summed E-state index contributed by atoms with van der Waals surface area (Å²) in [5, 5.41) is 7.10. The number of nitrogens with zero attached hydrogens (tertiary/aromatic N) is 2. The van der Waals surface area contributed by atoms with Crippen LogP contribution in [0.5, 0.6) is 0 Å². The van der Waals surface area contributed by atoms with Crippen LogP contribution in [0.3, 0.4) is 0 Å². The number of nitrogens with one attached hydrogen (secondary N) is 1. The first kappa shape index (κ1) is 10.7. The standard InChI is InChI=1S/C9H16N4O/c1-7(2)12-8(9(10)14)6-13-5-3-4-11-13/h3-5,7-8,12H,6H2,1-2H3,(H2,10,14). The molecule has 1 unspecified atom stereocenters. The second-order valence-electron chi connectivity index (χ2n) is 3.50. The van der Waals surface area contributed by atoms with E-state index < -0.39 is 0 Å². The highest BCUT2D eigenvalue weighted by Gasteiger charge is 2.16. The van der Waals surface area contributed by atoms with E-state index in [4.69, 9.17) is 5.73 Å². The zero-order valence-corrected chi connectivity index (χ0v) is 8.47. The predicted molar refractivity (Wildman–Crippen MR) is 53.5 cm³/mol. The minimum Gasteiger partial charge on any atom is -0.368 e. The highest BCUT2D eigenvalue weighted by atomic mass is 16.1. The molecule has 0 aliphatic carbocycles. The van der Waals surface area contributed by atoms with Gasteiger partial charge in [-0.05, 0) is 6.07 Å². The van der Waals surface area contributed by atoms with Gasteiger partial charge in [0.25, 0.3) is 0 Å². The van der Waals surface area contributed by atoms with E-state index in [0.717, 1.165) is 0 Å². The smallest absolute Gasteiger partial charge is 0.236 e. The number of amides is 1. The van der Waals surface area contributed by atoms with Crippen LogP contribution in [0.15, 0.2) is 18.5 Å². The molecule has 0 spiro atoms. The summed E-state index contributed by atoms with van der Waals surface area (Å²) in [5.74, 6) is -0.353. The van der Waals surface area contributed by atoms with E-state index in [-0.39, 0.29) is 18.0 Å². The quantitative estimate of drug-likeness (QED) is 0.681. The van der Waals surface area contributed by atoms with Gasteiger partial charge in [0, 0.05) is 18.4 Å². The lowest BCUT2D eigenvalue weighted by Crippen LogP contribution is -2.47. The van der Waals surface area contributed by atoms with Gasteiger partial charge in [-0.3, -0.25) is 9.48 Å². The molecule has 0 saturated carbocycles. The molecule has 1 amide bonds. The number of primary amides is 1. The number of rotatable bonds is 5. The van der Waals surface area contributed by atoms with E-state index in [9.17, 15) is 4.79 Å². The number of carbonyl (C=O) groups is 1. The van der Waals surface area contributed by atoms with Crippen molar-refractivity contribution >= 4 is 5.91 Å². The van der Waals surface area contributed by atoms with Crippen LogP contribution in [0.1, 0.15) is 13.8 Å². The Labute approximate surface area is 83.3 Å². The Morgan fingerprint density at radius 2 is 2.36 bits per heavy atom. The first-order valence-corrected chi connectivity index (χ1v) is 4.62. The minimum absolute atomic E-state index is 0.225. The maximum atomic E-state index is 11.1. The van der Waals surface area contributed by atoms with Gasteiger partial charge in [0.05, 0.1) is 6.54 Å². The zero-order chi connectivity index (χ0) is 10.6. The minimum atomic E-state index is -0.366. The third-order valence-electron chi connectivity index (χ3n) is 1.81. The number of hydrogen-bond acceptors (Lipinski definition) is 3. The lowest BCUT2D eigenvalue weighted by molar-refractivity contribution is -0.120. The molecule has 1 atom stereocenters. The van der Waals surface area contributed by atoms with Crippen LogP contribution >= 0.6 is 0 Å². The van der Waals surface area contributed by atoms with Crippen LogP contribution in [0.4, 0.5) is 0 Å². The molecule has 1 aromatic rings. The van der Waals surface area contributed by atoms with Gasteiger partial charge in [0.2, 0.25) is 5.91 Å². The molecule has 0 aliphatic rings. The highest BCUT2D eigenvalue weighted by Crippen LogP contribution is 1.93. The molecule has 3 N–H and O–H groups in total. The fourth-order valence-electron chi connectivity index (χ4n) is 1.22. The molecule has 1 heterocycles. The maximum Gasteiger partial charge on any atom is 0.236 e. The summed E-state index contributed by atoms with van der Waals surface area (Å²) in [6.45, 7) is 4.42. The van der Waals surface area contributed by atoms with Crippen LogP contribution in [0.2, 0.25) is 0 Å². The fraction of sp³-hybridized carbons (Fsp3) is 0.556. The van der Waals surface area contributed by atoms with Gasteiger partial charge < -0.3 is 11.1 Å². The van der Waals surface area contributed by atoms with Gasteiger partial charge in [-0.15, -0.1) is 0 Å². The molecule has 0 saturated heterocycles. The molecular weight excluding hydrogens is 180 g/mol. The Bertz CT molecular complexity index is 281. The third kappa shape index (κ3) is 3.18. The molecule has 0 aromatic carbocycles. The number of nitrogens with two attached hydrogens (primary N) is 1. The van der Waals surface area contributed by atoms with E-state index in [0.29, 0.717) is 6.54 Å². The van der Waals surface area contributed by atoms with E-state index in [1.165, 1.54) is 0 Å². The largest absolute Gasteiger partial charge is 0.368 e. The first-order valence-electron chi connectivity index (χ1n) is 4.62. The molecule has 0 fully saturated rings. The van der Waals surface area contributed by atoms with Crippen molar-refractivity contribution < 1.29 is 4.79 Å².